The normalized spacial score (nSPS) is 11.4. The number of rotatable bonds is 9. The molecule has 1 aromatic heterocycles. The van der Waals surface area contributed by atoms with Gasteiger partial charge in [-0.2, -0.15) is 5.10 Å². The highest BCUT2D eigenvalue weighted by molar-refractivity contribution is 9.10. The topological polar surface area (TPSA) is 76.5 Å². The molecule has 186 valence electrons. The van der Waals surface area contributed by atoms with E-state index in [1.54, 1.807) is 28.8 Å². The molecular weight excluding hydrogens is 508 g/mol. The molecular formula is C27H33BrN4O3. The maximum Gasteiger partial charge on any atom is 0.254 e. The van der Waals surface area contributed by atoms with Gasteiger partial charge >= 0.3 is 0 Å². The van der Waals surface area contributed by atoms with Crippen molar-refractivity contribution in [1.29, 1.82) is 0 Å². The minimum absolute atomic E-state index is 0.0809. The van der Waals surface area contributed by atoms with Crippen molar-refractivity contribution < 1.29 is 14.3 Å². The number of aromatic nitrogens is 2. The van der Waals surface area contributed by atoms with Crippen LogP contribution in [0, 0.1) is 6.92 Å². The number of hydrogen-bond acceptors (Lipinski definition) is 4. The monoisotopic (exact) mass is 540 g/mol. The lowest BCUT2D eigenvalue weighted by Gasteiger charge is -2.22. The van der Waals surface area contributed by atoms with Crippen LogP contribution in [0.15, 0.2) is 59.1 Å². The van der Waals surface area contributed by atoms with E-state index in [0.717, 1.165) is 21.4 Å². The summed E-state index contributed by atoms with van der Waals surface area (Å²) in [6.45, 7) is 9.08. The third-order valence-electron chi connectivity index (χ3n) is 5.48. The van der Waals surface area contributed by atoms with Crippen LogP contribution in [-0.2, 0) is 14.9 Å². The van der Waals surface area contributed by atoms with Crippen molar-refractivity contribution in [1.82, 2.24) is 14.7 Å². The van der Waals surface area contributed by atoms with Crippen LogP contribution in [0.5, 0.6) is 0 Å². The van der Waals surface area contributed by atoms with Crippen molar-refractivity contribution in [2.45, 2.75) is 39.5 Å². The van der Waals surface area contributed by atoms with E-state index in [9.17, 15) is 9.59 Å². The van der Waals surface area contributed by atoms with Crippen LogP contribution >= 0.6 is 15.9 Å². The average Bonchev–Trinajstić information content (AvgIpc) is 3.23. The van der Waals surface area contributed by atoms with Gasteiger partial charge in [0, 0.05) is 41.8 Å². The second kappa shape index (κ2) is 11.6. The quantitative estimate of drug-likeness (QED) is 0.370. The first-order valence-electron chi connectivity index (χ1n) is 11.6. The van der Waals surface area contributed by atoms with Gasteiger partial charge < -0.3 is 15.0 Å². The Bertz CT molecular complexity index is 1170. The summed E-state index contributed by atoms with van der Waals surface area (Å²) in [6.07, 6.45) is 0.626. The third kappa shape index (κ3) is 7.26. The SMILES string of the molecule is COCCCN(CC(=O)Nc1cc(C(C)(C)C)nn1-c1cccc(C)c1)C(=O)c1ccc(Br)cc1. The fourth-order valence-corrected chi connectivity index (χ4v) is 3.84. The standard InChI is InChI=1S/C27H33BrN4O3/c1-19-8-6-9-22(16-19)32-24(17-23(30-32)27(2,3)4)29-25(33)18-31(14-7-15-35-5)26(34)20-10-12-21(28)13-11-20/h6,8-13,16-17H,7,14-15,18H2,1-5H3,(H,29,33). The Balaban J connectivity index is 1.85. The van der Waals surface area contributed by atoms with Crippen LogP contribution < -0.4 is 5.32 Å². The number of carbonyl (C=O) groups is 2. The summed E-state index contributed by atoms with van der Waals surface area (Å²) >= 11 is 3.39. The van der Waals surface area contributed by atoms with Crippen LogP contribution in [0.1, 0.15) is 48.8 Å². The fraction of sp³-hybridized carbons (Fsp3) is 0.370. The predicted octanol–water partition coefficient (Wildman–Crippen LogP) is 5.36. The average molecular weight is 541 g/mol. The van der Waals surface area contributed by atoms with Gasteiger partial charge in [0.05, 0.1) is 11.4 Å². The number of nitrogens with zero attached hydrogens (tertiary/aromatic N) is 3. The van der Waals surface area contributed by atoms with Gasteiger partial charge in [-0.05, 0) is 55.3 Å². The molecule has 0 saturated carbocycles. The Morgan fingerprint density at radius 2 is 1.83 bits per heavy atom. The van der Waals surface area contributed by atoms with Gasteiger partial charge in [-0.25, -0.2) is 4.68 Å². The Hall–Kier alpha value is -2.97. The summed E-state index contributed by atoms with van der Waals surface area (Å²) in [4.78, 5) is 27.9. The number of amides is 2. The highest BCUT2D eigenvalue weighted by Crippen LogP contribution is 2.26. The number of benzene rings is 2. The maximum absolute atomic E-state index is 13.2. The van der Waals surface area contributed by atoms with Crippen molar-refractivity contribution in [3.63, 3.8) is 0 Å². The molecule has 0 saturated heterocycles. The smallest absolute Gasteiger partial charge is 0.254 e. The Morgan fingerprint density at radius 3 is 2.46 bits per heavy atom. The number of ether oxygens (including phenoxy) is 1. The molecule has 3 aromatic rings. The summed E-state index contributed by atoms with van der Waals surface area (Å²) < 4.78 is 7.78. The van der Waals surface area contributed by atoms with E-state index in [1.807, 2.05) is 49.4 Å². The van der Waals surface area contributed by atoms with Gasteiger partial charge in [0.2, 0.25) is 5.91 Å². The zero-order valence-electron chi connectivity index (χ0n) is 21.0. The van der Waals surface area contributed by atoms with Gasteiger partial charge in [-0.1, -0.05) is 48.8 Å². The number of nitrogens with one attached hydrogen (secondary N) is 1. The van der Waals surface area contributed by atoms with Crippen molar-refractivity contribution in [2.75, 3.05) is 32.1 Å². The molecule has 8 heteroatoms. The Morgan fingerprint density at radius 1 is 1.11 bits per heavy atom. The number of aryl methyl sites for hydroxylation is 1. The first-order valence-corrected chi connectivity index (χ1v) is 12.4. The lowest BCUT2D eigenvalue weighted by atomic mass is 9.92. The molecule has 0 atom stereocenters. The van der Waals surface area contributed by atoms with E-state index < -0.39 is 0 Å². The molecule has 0 aliphatic carbocycles. The molecule has 7 nitrogen and oxygen atoms in total. The summed E-state index contributed by atoms with van der Waals surface area (Å²) in [5.74, 6) is 0.0759. The molecule has 35 heavy (non-hydrogen) atoms. The molecule has 1 heterocycles. The highest BCUT2D eigenvalue weighted by atomic mass is 79.9. The van der Waals surface area contributed by atoms with Crippen LogP contribution in [-0.4, -0.2) is 53.3 Å². The zero-order valence-corrected chi connectivity index (χ0v) is 22.6. The highest BCUT2D eigenvalue weighted by Gasteiger charge is 2.23. The van der Waals surface area contributed by atoms with Crippen LogP contribution in [0.25, 0.3) is 5.69 Å². The number of halogens is 1. The molecule has 0 fully saturated rings. The van der Waals surface area contributed by atoms with Crippen LogP contribution in [0.4, 0.5) is 5.82 Å². The lowest BCUT2D eigenvalue weighted by Crippen LogP contribution is -2.39. The summed E-state index contributed by atoms with van der Waals surface area (Å²) in [5, 5.41) is 7.76. The maximum atomic E-state index is 13.2. The predicted molar refractivity (Wildman–Crippen MR) is 142 cm³/mol. The van der Waals surface area contributed by atoms with Gasteiger partial charge in [0.25, 0.3) is 5.91 Å². The number of anilines is 1. The number of carbonyl (C=O) groups excluding carboxylic acids is 2. The zero-order chi connectivity index (χ0) is 25.6. The van der Waals surface area contributed by atoms with Gasteiger partial charge in [-0.3, -0.25) is 9.59 Å². The largest absolute Gasteiger partial charge is 0.385 e. The lowest BCUT2D eigenvalue weighted by molar-refractivity contribution is -0.117. The van der Waals surface area contributed by atoms with Crippen LogP contribution in [0.3, 0.4) is 0 Å². The third-order valence-corrected chi connectivity index (χ3v) is 6.01. The van der Waals surface area contributed by atoms with E-state index in [0.29, 0.717) is 31.0 Å². The van der Waals surface area contributed by atoms with E-state index in [2.05, 4.69) is 42.0 Å². The number of hydrogen-bond donors (Lipinski definition) is 1. The van der Waals surface area contributed by atoms with Gasteiger partial charge in [0.1, 0.15) is 12.4 Å². The molecule has 0 aliphatic rings. The van der Waals surface area contributed by atoms with Crippen molar-refractivity contribution >= 4 is 33.6 Å². The first-order chi connectivity index (χ1) is 16.6. The molecule has 2 amide bonds. The Labute approximate surface area is 215 Å². The summed E-state index contributed by atoms with van der Waals surface area (Å²) in [5.41, 5.74) is 3.14. The minimum atomic E-state index is -0.290. The summed E-state index contributed by atoms with van der Waals surface area (Å²) in [7, 11) is 1.62. The van der Waals surface area contributed by atoms with E-state index in [-0.39, 0.29) is 23.8 Å². The van der Waals surface area contributed by atoms with E-state index >= 15 is 0 Å². The minimum Gasteiger partial charge on any atom is -0.385 e. The molecule has 0 radical (unpaired) electrons. The molecule has 0 aliphatic heterocycles. The van der Waals surface area contributed by atoms with Gasteiger partial charge in [0.15, 0.2) is 0 Å². The molecule has 1 N–H and O–H groups in total. The van der Waals surface area contributed by atoms with Crippen LogP contribution in [0.2, 0.25) is 0 Å². The van der Waals surface area contributed by atoms with Crippen molar-refractivity contribution in [3.8, 4) is 5.69 Å². The van der Waals surface area contributed by atoms with E-state index in [4.69, 9.17) is 9.84 Å². The fourth-order valence-electron chi connectivity index (χ4n) is 3.58. The molecule has 0 spiro atoms. The van der Waals surface area contributed by atoms with Crippen molar-refractivity contribution in [2.24, 2.45) is 0 Å². The molecule has 0 bridgehead atoms. The van der Waals surface area contributed by atoms with Gasteiger partial charge in [-0.15, -0.1) is 0 Å². The molecule has 0 unspecified atom stereocenters. The molecule has 3 rings (SSSR count). The molecule has 2 aromatic carbocycles. The van der Waals surface area contributed by atoms with E-state index in [1.165, 1.54) is 0 Å². The second-order valence-electron chi connectivity index (χ2n) is 9.54. The second-order valence-corrected chi connectivity index (χ2v) is 10.5. The Kier molecular flexibility index (Phi) is 8.86. The van der Waals surface area contributed by atoms with Crippen molar-refractivity contribution in [3.05, 3.63) is 75.9 Å². The number of methoxy groups -OCH3 is 1. The summed E-state index contributed by atoms with van der Waals surface area (Å²) in [6, 6.07) is 17.0. The first kappa shape index (κ1) is 26.6.